The molecule has 3 heteroatoms. The number of carboxylic acids is 1. The van der Waals surface area contributed by atoms with Crippen LogP contribution in [-0.4, -0.2) is 11.1 Å². The zero-order chi connectivity index (χ0) is 9.26. The zero-order valence-corrected chi connectivity index (χ0v) is 9.90. The molecule has 0 radical (unpaired) electrons. The number of hydrogen-bond acceptors (Lipinski definition) is 1. The average Bonchev–Trinajstić information content (AvgIpc) is 2.17. The van der Waals surface area contributed by atoms with Gasteiger partial charge in [-0.25, -0.2) is 4.79 Å². The molecule has 0 aliphatic heterocycles. The second kappa shape index (κ2) is 4.60. The monoisotopic (exact) mass is 195 g/mol. The summed E-state index contributed by atoms with van der Waals surface area (Å²) in [4.78, 5) is 10.8. The van der Waals surface area contributed by atoms with Gasteiger partial charge in [0.2, 0.25) is 0 Å². The third kappa shape index (κ3) is 1.98. The van der Waals surface area contributed by atoms with Crippen LogP contribution in [0.25, 0.3) is 10.8 Å². The predicted octanol–water partition coefficient (Wildman–Crippen LogP) is -0.458. The first kappa shape index (κ1) is 11.2. The van der Waals surface area contributed by atoms with E-state index >= 15 is 0 Å². The van der Waals surface area contributed by atoms with Gasteiger partial charge in [0.1, 0.15) is 0 Å². The van der Waals surface area contributed by atoms with E-state index in [4.69, 9.17) is 5.11 Å². The summed E-state index contributed by atoms with van der Waals surface area (Å²) in [7, 11) is 0. The van der Waals surface area contributed by atoms with E-state index in [0.717, 1.165) is 10.8 Å². The van der Waals surface area contributed by atoms with Gasteiger partial charge < -0.3 is 5.11 Å². The molecule has 0 bridgehead atoms. The molecule has 0 unspecified atom stereocenters. The smallest absolute Gasteiger partial charge is 0.478 e. The van der Waals surface area contributed by atoms with Crippen LogP contribution in [0.3, 0.4) is 0 Å². The van der Waals surface area contributed by atoms with E-state index in [0.29, 0.717) is 5.56 Å². The van der Waals surface area contributed by atoms with Crippen LogP contribution in [0.1, 0.15) is 10.4 Å². The first-order valence-electron chi connectivity index (χ1n) is 4.00. The van der Waals surface area contributed by atoms with Gasteiger partial charge in [-0.3, -0.25) is 0 Å². The van der Waals surface area contributed by atoms with Gasteiger partial charge in [-0.15, -0.1) is 0 Å². The summed E-state index contributed by atoms with van der Waals surface area (Å²) in [6, 6.07) is 12.7. The standard InChI is InChI=1S/C11H8O2.Na/c12-11(13)10-7-3-5-8-4-1-2-6-9(8)10;/h1-7H,(H,12,13);/q;+1. The van der Waals surface area contributed by atoms with Gasteiger partial charge in [0, 0.05) is 0 Å². The van der Waals surface area contributed by atoms with Gasteiger partial charge in [0.25, 0.3) is 0 Å². The predicted molar refractivity (Wildman–Crippen MR) is 50.9 cm³/mol. The van der Waals surface area contributed by atoms with Crippen LogP contribution in [0.2, 0.25) is 0 Å². The van der Waals surface area contributed by atoms with Crippen LogP contribution in [0.4, 0.5) is 0 Å². The second-order valence-electron chi connectivity index (χ2n) is 2.83. The molecule has 2 rings (SSSR count). The van der Waals surface area contributed by atoms with Crippen molar-refractivity contribution in [3.05, 3.63) is 48.0 Å². The van der Waals surface area contributed by atoms with Gasteiger partial charge in [0.05, 0.1) is 5.56 Å². The Kier molecular flexibility index (Phi) is 3.69. The topological polar surface area (TPSA) is 37.3 Å². The van der Waals surface area contributed by atoms with Crippen LogP contribution in [-0.2, 0) is 0 Å². The molecule has 2 aromatic carbocycles. The van der Waals surface area contributed by atoms with E-state index in [1.807, 2.05) is 30.3 Å². The molecule has 0 saturated carbocycles. The maximum Gasteiger partial charge on any atom is 1.00 e. The number of benzene rings is 2. The van der Waals surface area contributed by atoms with Crippen LogP contribution in [0, 0.1) is 0 Å². The minimum atomic E-state index is -0.878. The Hall–Kier alpha value is -0.830. The molecule has 0 aromatic heterocycles. The van der Waals surface area contributed by atoms with Crippen molar-refractivity contribution in [3.8, 4) is 0 Å². The molecule has 0 saturated heterocycles. The van der Waals surface area contributed by atoms with E-state index in [1.165, 1.54) is 0 Å². The van der Waals surface area contributed by atoms with Crippen molar-refractivity contribution in [2.24, 2.45) is 0 Å². The summed E-state index contributed by atoms with van der Waals surface area (Å²) in [5, 5.41) is 10.6. The fourth-order valence-corrected chi connectivity index (χ4v) is 1.41. The summed E-state index contributed by atoms with van der Waals surface area (Å²) in [6.45, 7) is 0. The van der Waals surface area contributed by atoms with Crippen molar-refractivity contribution in [1.82, 2.24) is 0 Å². The number of rotatable bonds is 1. The Bertz CT molecular complexity index is 460. The van der Waals surface area contributed by atoms with Crippen molar-refractivity contribution in [2.75, 3.05) is 0 Å². The Balaban J connectivity index is 0.000000980. The summed E-state index contributed by atoms with van der Waals surface area (Å²) >= 11 is 0. The first-order valence-corrected chi connectivity index (χ1v) is 4.00. The first-order chi connectivity index (χ1) is 6.29. The van der Waals surface area contributed by atoms with Crippen molar-refractivity contribution in [1.29, 1.82) is 0 Å². The molecule has 64 valence electrons. The largest absolute Gasteiger partial charge is 1.00 e. The number of hydrogen-bond donors (Lipinski definition) is 1. The van der Waals surface area contributed by atoms with E-state index in [9.17, 15) is 4.79 Å². The third-order valence-electron chi connectivity index (χ3n) is 2.02. The minimum Gasteiger partial charge on any atom is -0.478 e. The number of carbonyl (C=O) groups is 1. The van der Waals surface area contributed by atoms with Gasteiger partial charge in [-0.05, 0) is 16.8 Å². The molecule has 0 aliphatic carbocycles. The molecule has 2 nitrogen and oxygen atoms in total. The van der Waals surface area contributed by atoms with Gasteiger partial charge >= 0.3 is 35.5 Å². The SMILES string of the molecule is O=C(O)c1cccc2ccccc12.[Na+]. The number of aromatic carboxylic acids is 1. The molecule has 0 aliphatic rings. The molecule has 1 N–H and O–H groups in total. The summed E-state index contributed by atoms with van der Waals surface area (Å²) in [6.07, 6.45) is 0. The quantitative estimate of drug-likeness (QED) is 0.625. The van der Waals surface area contributed by atoms with Crippen molar-refractivity contribution < 1.29 is 39.5 Å². The Labute approximate surface area is 104 Å². The maximum absolute atomic E-state index is 10.8. The molecule has 0 fully saturated rings. The van der Waals surface area contributed by atoms with E-state index in [-0.39, 0.29) is 29.6 Å². The van der Waals surface area contributed by atoms with Crippen molar-refractivity contribution >= 4 is 16.7 Å². The summed E-state index contributed by atoms with van der Waals surface area (Å²) < 4.78 is 0. The molecule has 14 heavy (non-hydrogen) atoms. The van der Waals surface area contributed by atoms with Crippen molar-refractivity contribution in [2.45, 2.75) is 0 Å². The molecular weight excluding hydrogens is 187 g/mol. The van der Waals surface area contributed by atoms with Crippen LogP contribution >= 0.6 is 0 Å². The molecule has 0 atom stereocenters. The molecule has 0 amide bonds. The Morgan fingerprint density at radius 1 is 1.00 bits per heavy atom. The Morgan fingerprint density at radius 3 is 2.36 bits per heavy atom. The van der Waals surface area contributed by atoms with Crippen LogP contribution < -0.4 is 29.6 Å². The fraction of sp³-hybridized carbons (Fsp3) is 0. The molecular formula is C11H8NaO2+. The van der Waals surface area contributed by atoms with Gasteiger partial charge in [0.15, 0.2) is 0 Å². The maximum atomic E-state index is 10.8. The Morgan fingerprint density at radius 2 is 1.64 bits per heavy atom. The average molecular weight is 195 g/mol. The van der Waals surface area contributed by atoms with E-state index in [1.54, 1.807) is 12.1 Å². The fourth-order valence-electron chi connectivity index (χ4n) is 1.41. The van der Waals surface area contributed by atoms with Crippen LogP contribution in [0.15, 0.2) is 42.5 Å². The molecule has 2 aromatic rings. The third-order valence-corrected chi connectivity index (χ3v) is 2.02. The summed E-state index contributed by atoms with van der Waals surface area (Å²) in [5.41, 5.74) is 0.359. The minimum absolute atomic E-state index is 0. The zero-order valence-electron chi connectivity index (χ0n) is 7.90. The van der Waals surface area contributed by atoms with Crippen molar-refractivity contribution in [3.63, 3.8) is 0 Å². The van der Waals surface area contributed by atoms with Gasteiger partial charge in [-0.2, -0.15) is 0 Å². The number of carboxylic acid groups (broad SMARTS) is 1. The van der Waals surface area contributed by atoms with Crippen LogP contribution in [0.5, 0.6) is 0 Å². The number of fused-ring (bicyclic) bond motifs is 1. The molecule has 0 spiro atoms. The molecule has 0 heterocycles. The second-order valence-corrected chi connectivity index (χ2v) is 2.83. The normalized spacial score (nSPS) is 9.43. The van der Waals surface area contributed by atoms with Gasteiger partial charge in [-0.1, -0.05) is 36.4 Å². The van der Waals surface area contributed by atoms with E-state index in [2.05, 4.69) is 0 Å². The summed E-state index contributed by atoms with van der Waals surface area (Å²) in [5.74, 6) is -0.878. The van der Waals surface area contributed by atoms with E-state index < -0.39 is 5.97 Å².